The van der Waals surface area contributed by atoms with Gasteiger partial charge in [0.05, 0.1) is 52.9 Å². The average Bonchev–Trinajstić information content (AvgIpc) is 2.76. The summed E-state index contributed by atoms with van der Waals surface area (Å²) in [5.41, 5.74) is 0. The maximum Gasteiger partial charge on any atom is 0.472 e. The lowest BCUT2D eigenvalue weighted by atomic mass is 10.0. The van der Waals surface area contributed by atoms with Crippen molar-refractivity contribution in [3.8, 4) is 0 Å². The summed E-state index contributed by atoms with van der Waals surface area (Å²) in [6.07, 6.45) is 2.05. The number of unbranched alkanes of at least 4 members (excludes halogenated alkanes) is 1. The van der Waals surface area contributed by atoms with Gasteiger partial charge in [0.25, 0.3) is 0 Å². The van der Waals surface area contributed by atoms with Gasteiger partial charge in [-0.3, -0.25) is 13.8 Å². The number of hydrogen-bond donors (Lipinski definition) is 4. The Kier molecular flexibility index (Phi) is 20.1. The molecule has 3 atom stereocenters. The molecule has 0 saturated carbocycles. The van der Waals surface area contributed by atoms with E-state index in [0.717, 1.165) is 12.8 Å². The van der Waals surface area contributed by atoms with E-state index >= 15 is 0 Å². The van der Waals surface area contributed by atoms with Crippen molar-refractivity contribution in [2.24, 2.45) is 11.8 Å². The lowest BCUT2D eigenvalue weighted by Crippen LogP contribution is -2.28. The van der Waals surface area contributed by atoms with E-state index in [1.54, 1.807) is 6.92 Å². The highest BCUT2D eigenvalue weighted by Gasteiger charge is 2.23. The molecule has 4 N–H and O–H groups in total. The van der Waals surface area contributed by atoms with Crippen LogP contribution in [0.5, 0.6) is 0 Å². The Morgan fingerprint density at radius 2 is 1.53 bits per heavy atom. The molecule has 0 bridgehead atoms. The fraction of sp³-hybridized carbons (Fsp3) is 0.947. The van der Waals surface area contributed by atoms with Crippen LogP contribution in [-0.2, 0) is 48.7 Å². The maximum atomic E-state index is 11.9. The van der Waals surface area contributed by atoms with Crippen LogP contribution in [0.25, 0.3) is 0 Å². The molecule has 0 aliphatic carbocycles. The first-order chi connectivity index (χ1) is 16.0. The summed E-state index contributed by atoms with van der Waals surface area (Å²) in [4.78, 5) is 30.8. The van der Waals surface area contributed by atoms with Crippen molar-refractivity contribution in [1.29, 1.82) is 0 Å². The van der Waals surface area contributed by atoms with Gasteiger partial charge in [-0.05, 0) is 31.6 Å². The highest BCUT2D eigenvalue weighted by atomic mass is 32.5. The summed E-state index contributed by atoms with van der Waals surface area (Å²) in [6, 6.07) is 0. The van der Waals surface area contributed by atoms with Gasteiger partial charge in [-0.1, -0.05) is 20.3 Å². The highest BCUT2D eigenvalue weighted by molar-refractivity contribution is 8.07. The third-order valence-electron chi connectivity index (χ3n) is 4.22. The third-order valence-corrected chi connectivity index (χ3v) is 6.93. The van der Waals surface area contributed by atoms with E-state index in [1.807, 2.05) is 13.8 Å². The Labute approximate surface area is 207 Å². The van der Waals surface area contributed by atoms with Gasteiger partial charge in [0.2, 0.25) is 5.91 Å². The quantitative estimate of drug-likeness (QED) is 0.108. The molecule has 0 aliphatic heterocycles. The molecule has 1 amide bonds. The first kappa shape index (κ1) is 34.0. The minimum Gasteiger partial charge on any atom is -0.396 e. The molecule has 34 heavy (non-hydrogen) atoms. The van der Waals surface area contributed by atoms with Crippen molar-refractivity contribution < 1.29 is 51.8 Å². The summed E-state index contributed by atoms with van der Waals surface area (Å²) in [7, 11) is -4.26. The minimum atomic E-state index is -4.26. The van der Waals surface area contributed by atoms with Crippen molar-refractivity contribution in [2.45, 2.75) is 40.0 Å². The molecule has 0 saturated heterocycles. The standard InChI is InChI=1S/C19H41NO11P2S/c1-4-28-33(25,34)30-14-12-27-10-9-26-11-13-29-32(23,24)31-16-18(15-21)7-5-6-8-20-19(22)17(2)3/h17-18,21H,4-16H2,1-3H3,(H,20,22)(H,23,24)(H,25,34). The van der Waals surface area contributed by atoms with Crippen LogP contribution < -0.4 is 5.32 Å². The number of amides is 1. The van der Waals surface area contributed by atoms with Crippen LogP contribution in [0.2, 0.25) is 0 Å². The van der Waals surface area contributed by atoms with Gasteiger partial charge in [-0.25, -0.2) is 4.57 Å². The van der Waals surface area contributed by atoms with Crippen molar-refractivity contribution in [2.75, 3.05) is 66.0 Å². The second-order valence-electron chi connectivity index (χ2n) is 7.53. The molecule has 0 fully saturated rings. The Hall–Kier alpha value is -0.0100. The van der Waals surface area contributed by atoms with Gasteiger partial charge in [0.15, 0.2) is 0 Å². The van der Waals surface area contributed by atoms with Crippen molar-refractivity contribution in [1.82, 2.24) is 5.32 Å². The fourth-order valence-electron chi connectivity index (χ4n) is 2.38. The molecular formula is C19H41NO11P2S. The zero-order chi connectivity index (χ0) is 25.9. The van der Waals surface area contributed by atoms with Crippen LogP contribution >= 0.6 is 14.5 Å². The molecule has 3 unspecified atom stereocenters. The minimum absolute atomic E-state index is 0.00701. The summed E-state index contributed by atoms with van der Waals surface area (Å²) in [6.45, 7) is 3.31. The van der Waals surface area contributed by atoms with E-state index in [0.29, 0.717) is 13.0 Å². The van der Waals surface area contributed by atoms with E-state index in [9.17, 15) is 24.3 Å². The summed E-state index contributed by atoms with van der Waals surface area (Å²) in [5.74, 6) is -0.383. The number of carbonyl (C=O) groups is 1. The Morgan fingerprint density at radius 3 is 2.09 bits per heavy atom. The van der Waals surface area contributed by atoms with Crippen LogP contribution in [0.4, 0.5) is 0 Å². The zero-order valence-electron chi connectivity index (χ0n) is 20.3. The Bertz CT molecular complexity index is 627. The molecule has 204 valence electrons. The van der Waals surface area contributed by atoms with E-state index < -0.39 is 14.5 Å². The van der Waals surface area contributed by atoms with Crippen LogP contribution in [0, 0.1) is 11.8 Å². The van der Waals surface area contributed by atoms with Gasteiger partial charge >= 0.3 is 14.5 Å². The number of nitrogens with one attached hydrogen (secondary N) is 1. The second kappa shape index (κ2) is 20.1. The fourth-order valence-corrected chi connectivity index (χ4v) is 4.41. The first-order valence-electron chi connectivity index (χ1n) is 11.3. The number of phosphoric ester groups is 1. The molecule has 0 rings (SSSR count). The number of rotatable bonds is 23. The smallest absolute Gasteiger partial charge is 0.396 e. The number of carbonyl (C=O) groups excluding carboxylic acids is 1. The topological polar surface area (TPSA) is 162 Å². The lowest BCUT2D eigenvalue weighted by Gasteiger charge is -2.17. The number of aliphatic hydroxyl groups is 1. The van der Waals surface area contributed by atoms with E-state index in [2.05, 4.69) is 5.32 Å². The SMILES string of the molecule is CCOP(O)(=S)OCCOCCOCCOP(=O)(O)OCC(CO)CCCCNC(=O)C(C)C. The molecule has 0 radical (unpaired) electrons. The number of hydrogen-bond acceptors (Lipinski definition) is 10. The van der Waals surface area contributed by atoms with Gasteiger partial charge in [0.1, 0.15) is 0 Å². The zero-order valence-corrected chi connectivity index (χ0v) is 22.9. The molecule has 12 nitrogen and oxygen atoms in total. The molecule has 15 heteroatoms. The van der Waals surface area contributed by atoms with Crippen LogP contribution in [0.1, 0.15) is 40.0 Å². The van der Waals surface area contributed by atoms with Crippen LogP contribution in [-0.4, -0.2) is 86.8 Å². The molecule has 0 heterocycles. The number of phosphoric acid groups is 1. The third kappa shape index (κ3) is 20.2. The van der Waals surface area contributed by atoms with Gasteiger partial charge < -0.3 is 38.7 Å². The lowest BCUT2D eigenvalue weighted by molar-refractivity contribution is -0.123. The summed E-state index contributed by atoms with van der Waals surface area (Å²) in [5, 5.41) is 12.2. The summed E-state index contributed by atoms with van der Waals surface area (Å²) >= 11 is 4.75. The highest BCUT2D eigenvalue weighted by Crippen LogP contribution is 2.44. The van der Waals surface area contributed by atoms with Crippen LogP contribution in [0.15, 0.2) is 0 Å². The molecule has 0 aliphatic rings. The van der Waals surface area contributed by atoms with Crippen molar-refractivity contribution in [3.05, 3.63) is 0 Å². The average molecular weight is 554 g/mol. The van der Waals surface area contributed by atoms with Gasteiger partial charge in [-0.15, -0.1) is 0 Å². The largest absolute Gasteiger partial charge is 0.472 e. The van der Waals surface area contributed by atoms with Crippen LogP contribution in [0.3, 0.4) is 0 Å². The molecule has 0 spiro atoms. The van der Waals surface area contributed by atoms with Gasteiger partial charge in [0, 0.05) is 25.0 Å². The van der Waals surface area contributed by atoms with Gasteiger partial charge in [-0.2, -0.15) is 0 Å². The normalized spacial score (nSPS) is 16.2. The number of ether oxygens (including phenoxy) is 2. The predicted octanol–water partition coefficient (Wildman–Crippen LogP) is 1.97. The predicted molar refractivity (Wildman–Crippen MR) is 130 cm³/mol. The van der Waals surface area contributed by atoms with E-state index in [1.165, 1.54) is 0 Å². The molecule has 0 aromatic heterocycles. The Morgan fingerprint density at radius 1 is 0.941 bits per heavy atom. The van der Waals surface area contributed by atoms with Crippen molar-refractivity contribution >= 4 is 32.3 Å². The first-order valence-corrected chi connectivity index (χ1v) is 15.4. The Balaban J connectivity index is 3.76. The van der Waals surface area contributed by atoms with E-state index in [4.69, 9.17) is 39.4 Å². The molecule has 0 aromatic rings. The number of aliphatic hydroxyl groups excluding tert-OH is 1. The van der Waals surface area contributed by atoms with E-state index in [-0.39, 0.29) is 77.2 Å². The monoisotopic (exact) mass is 553 g/mol. The summed E-state index contributed by atoms with van der Waals surface area (Å²) < 4.78 is 42.1. The molecule has 0 aromatic carbocycles. The van der Waals surface area contributed by atoms with Crippen molar-refractivity contribution in [3.63, 3.8) is 0 Å². The second-order valence-corrected chi connectivity index (χ2v) is 11.8. The molecular weight excluding hydrogens is 512 g/mol. The maximum absolute atomic E-state index is 11.9.